The largest absolute Gasteiger partial charge is 0.388 e. The molecule has 0 bridgehead atoms. The first-order valence-corrected chi connectivity index (χ1v) is 9.70. The second-order valence-corrected chi connectivity index (χ2v) is 9.12. The SMILES string of the molecule is C[C@H]1C[C@H]2[C@H]3CCC4=CC(=O)C=C[C@]4(C)C3=CC[C@]2(C)[C@@]1(O)C(=O)CO. The minimum Gasteiger partial charge on any atom is -0.388 e. The van der Waals surface area contributed by atoms with Crippen molar-refractivity contribution in [2.45, 2.75) is 52.1 Å². The number of aliphatic hydroxyl groups is 2. The maximum atomic E-state index is 12.5. The molecule has 0 aromatic heterocycles. The van der Waals surface area contributed by atoms with Crippen LogP contribution in [-0.2, 0) is 9.59 Å². The van der Waals surface area contributed by atoms with Crippen molar-refractivity contribution in [3.05, 3.63) is 35.5 Å². The smallest absolute Gasteiger partial charge is 0.190 e. The number of ketones is 2. The van der Waals surface area contributed by atoms with Gasteiger partial charge in [0.2, 0.25) is 0 Å². The Hall–Kier alpha value is -1.52. The van der Waals surface area contributed by atoms with E-state index in [2.05, 4.69) is 13.0 Å². The van der Waals surface area contributed by atoms with Crippen LogP contribution in [0.1, 0.15) is 46.5 Å². The van der Waals surface area contributed by atoms with Gasteiger partial charge in [0.25, 0.3) is 0 Å². The molecule has 0 heterocycles. The molecule has 4 rings (SSSR count). The summed E-state index contributed by atoms with van der Waals surface area (Å²) >= 11 is 0. The number of Topliss-reactive ketones (excluding diaryl/α,β-unsaturated/α-hetero) is 1. The van der Waals surface area contributed by atoms with Crippen molar-refractivity contribution >= 4 is 11.6 Å². The Morgan fingerprint density at radius 1 is 1.35 bits per heavy atom. The summed E-state index contributed by atoms with van der Waals surface area (Å²) in [6.45, 7) is 5.54. The summed E-state index contributed by atoms with van der Waals surface area (Å²) in [5.41, 5.74) is 0.289. The lowest BCUT2D eigenvalue weighted by Gasteiger charge is -2.53. The molecule has 6 atom stereocenters. The average Bonchev–Trinajstić information content (AvgIpc) is 2.83. The van der Waals surface area contributed by atoms with Crippen molar-refractivity contribution in [1.29, 1.82) is 0 Å². The highest BCUT2D eigenvalue weighted by atomic mass is 16.3. The fourth-order valence-electron chi connectivity index (χ4n) is 6.58. The van der Waals surface area contributed by atoms with Gasteiger partial charge in [0.15, 0.2) is 11.6 Å². The third kappa shape index (κ3) is 1.97. The van der Waals surface area contributed by atoms with E-state index in [1.54, 1.807) is 12.2 Å². The summed E-state index contributed by atoms with van der Waals surface area (Å²) in [6, 6.07) is 0. The Morgan fingerprint density at radius 2 is 2.08 bits per heavy atom. The van der Waals surface area contributed by atoms with Gasteiger partial charge in [-0.05, 0) is 62.5 Å². The van der Waals surface area contributed by atoms with Gasteiger partial charge in [-0.2, -0.15) is 0 Å². The first-order chi connectivity index (χ1) is 12.2. The quantitative estimate of drug-likeness (QED) is 0.746. The number of fused-ring (bicyclic) bond motifs is 5. The van der Waals surface area contributed by atoms with E-state index >= 15 is 0 Å². The molecule has 0 aliphatic heterocycles. The van der Waals surface area contributed by atoms with Crippen molar-refractivity contribution in [3.8, 4) is 0 Å². The van der Waals surface area contributed by atoms with Crippen LogP contribution in [0, 0.1) is 28.6 Å². The molecule has 4 aliphatic rings. The van der Waals surface area contributed by atoms with Crippen molar-refractivity contribution < 1.29 is 19.8 Å². The molecular weight excluding hydrogens is 328 g/mol. The van der Waals surface area contributed by atoms with Gasteiger partial charge in [0.1, 0.15) is 12.2 Å². The maximum absolute atomic E-state index is 12.5. The van der Waals surface area contributed by atoms with Gasteiger partial charge in [-0.25, -0.2) is 0 Å². The summed E-state index contributed by atoms with van der Waals surface area (Å²) < 4.78 is 0. The minimum atomic E-state index is -1.47. The lowest BCUT2D eigenvalue weighted by Crippen LogP contribution is -2.57. The monoisotopic (exact) mass is 356 g/mol. The first kappa shape index (κ1) is 17.9. The van der Waals surface area contributed by atoms with Crippen molar-refractivity contribution in [2.24, 2.45) is 28.6 Å². The lowest BCUT2D eigenvalue weighted by atomic mass is 9.51. The molecule has 4 heteroatoms. The Balaban J connectivity index is 1.79. The van der Waals surface area contributed by atoms with Crippen LogP contribution in [0.5, 0.6) is 0 Å². The fourth-order valence-corrected chi connectivity index (χ4v) is 6.58. The van der Waals surface area contributed by atoms with Gasteiger partial charge in [0.05, 0.1) is 0 Å². The molecule has 0 radical (unpaired) electrons. The maximum Gasteiger partial charge on any atom is 0.190 e. The summed E-state index contributed by atoms with van der Waals surface area (Å²) in [4.78, 5) is 24.3. The zero-order valence-electron chi connectivity index (χ0n) is 15.8. The standard InChI is InChI=1S/C22H28O4/c1-13-10-18-16-5-4-14-11-15(24)6-8-20(14,2)17(16)7-9-21(18,3)22(13,26)19(25)12-23/h6-8,11,13,16,18,23,26H,4-5,9-10,12H2,1-3H3/t13-,16-,18-,20-,21-,22-/m0/s1. The van der Waals surface area contributed by atoms with Crippen LogP contribution in [0.2, 0.25) is 0 Å². The summed E-state index contributed by atoms with van der Waals surface area (Å²) in [7, 11) is 0. The van der Waals surface area contributed by atoms with Crippen LogP contribution in [0.15, 0.2) is 35.5 Å². The van der Waals surface area contributed by atoms with Crippen LogP contribution in [0.3, 0.4) is 0 Å². The third-order valence-corrected chi connectivity index (χ3v) is 8.10. The molecule has 4 nitrogen and oxygen atoms in total. The fraction of sp³-hybridized carbons (Fsp3) is 0.636. The van der Waals surface area contributed by atoms with Gasteiger partial charge in [-0.3, -0.25) is 9.59 Å². The Bertz CT molecular complexity index is 775. The van der Waals surface area contributed by atoms with Crippen molar-refractivity contribution in [2.75, 3.05) is 6.61 Å². The number of allylic oxidation sites excluding steroid dienone is 6. The van der Waals surface area contributed by atoms with Crippen LogP contribution < -0.4 is 0 Å². The Kier molecular flexibility index (Phi) is 3.78. The number of hydrogen-bond donors (Lipinski definition) is 2. The predicted octanol–water partition coefficient (Wildman–Crippen LogP) is 2.75. The van der Waals surface area contributed by atoms with Crippen LogP contribution in [-0.4, -0.2) is 34.0 Å². The average molecular weight is 356 g/mol. The highest BCUT2D eigenvalue weighted by molar-refractivity contribution is 6.01. The Labute approximate surface area is 154 Å². The van der Waals surface area contributed by atoms with Gasteiger partial charge in [-0.15, -0.1) is 0 Å². The van der Waals surface area contributed by atoms with Gasteiger partial charge in [0, 0.05) is 10.8 Å². The van der Waals surface area contributed by atoms with Crippen LogP contribution in [0.4, 0.5) is 0 Å². The number of carbonyl (C=O) groups excluding carboxylic acids is 2. The molecule has 0 aromatic carbocycles. The summed E-state index contributed by atoms with van der Waals surface area (Å²) in [5, 5.41) is 20.9. The minimum absolute atomic E-state index is 0.0644. The van der Waals surface area contributed by atoms with E-state index in [9.17, 15) is 19.8 Å². The zero-order chi connectivity index (χ0) is 18.9. The molecule has 0 amide bonds. The molecule has 0 saturated heterocycles. The number of rotatable bonds is 2. The van der Waals surface area contributed by atoms with E-state index in [1.807, 2.05) is 19.9 Å². The van der Waals surface area contributed by atoms with E-state index in [0.29, 0.717) is 12.3 Å². The molecule has 140 valence electrons. The number of carbonyl (C=O) groups is 2. The lowest BCUT2D eigenvalue weighted by molar-refractivity contribution is -0.161. The first-order valence-electron chi connectivity index (χ1n) is 9.70. The summed E-state index contributed by atoms with van der Waals surface area (Å²) in [6.07, 6.45) is 10.9. The van der Waals surface area contributed by atoms with Crippen LogP contribution >= 0.6 is 0 Å². The van der Waals surface area contributed by atoms with Crippen molar-refractivity contribution in [3.63, 3.8) is 0 Å². The van der Waals surface area contributed by atoms with Gasteiger partial charge in [-0.1, -0.05) is 37.1 Å². The summed E-state index contributed by atoms with van der Waals surface area (Å²) in [5.74, 6) is -0.0376. The molecule has 0 aromatic rings. The number of aliphatic hydroxyl groups excluding tert-OH is 1. The van der Waals surface area contributed by atoms with Crippen molar-refractivity contribution in [1.82, 2.24) is 0 Å². The molecule has 0 unspecified atom stereocenters. The third-order valence-electron chi connectivity index (χ3n) is 8.10. The topological polar surface area (TPSA) is 74.6 Å². The van der Waals surface area contributed by atoms with Gasteiger partial charge < -0.3 is 10.2 Å². The van der Waals surface area contributed by atoms with E-state index in [4.69, 9.17) is 0 Å². The van der Waals surface area contributed by atoms with Gasteiger partial charge >= 0.3 is 0 Å². The predicted molar refractivity (Wildman–Crippen MR) is 98.2 cm³/mol. The van der Waals surface area contributed by atoms with E-state index in [0.717, 1.165) is 19.3 Å². The molecule has 2 N–H and O–H groups in total. The molecule has 4 aliphatic carbocycles. The van der Waals surface area contributed by atoms with E-state index in [-0.39, 0.29) is 23.0 Å². The van der Waals surface area contributed by atoms with E-state index < -0.39 is 23.4 Å². The second kappa shape index (κ2) is 5.49. The molecule has 0 spiro atoms. The molecule has 2 fully saturated rings. The normalized spacial score (nSPS) is 46.8. The number of hydrogen-bond acceptors (Lipinski definition) is 4. The van der Waals surface area contributed by atoms with E-state index in [1.165, 1.54) is 11.1 Å². The molecule has 2 saturated carbocycles. The Morgan fingerprint density at radius 3 is 2.77 bits per heavy atom. The zero-order valence-corrected chi connectivity index (χ0v) is 15.8. The highest BCUT2D eigenvalue weighted by Crippen LogP contribution is 2.66. The molecule has 26 heavy (non-hydrogen) atoms. The second-order valence-electron chi connectivity index (χ2n) is 9.12. The highest BCUT2D eigenvalue weighted by Gasteiger charge is 2.66. The molecular formula is C22H28O4. The van der Waals surface area contributed by atoms with Crippen LogP contribution in [0.25, 0.3) is 0 Å².